The fourth-order valence-corrected chi connectivity index (χ4v) is 3.85. The number of aromatic nitrogens is 1. The monoisotopic (exact) mass is 463 g/mol. The Morgan fingerprint density at radius 3 is 2.68 bits per heavy atom. The number of carbonyl (C=O) groups excluding carboxylic acids is 1. The molecule has 1 heterocycles. The third-order valence-electron chi connectivity index (χ3n) is 3.71. The van der Waals surface area contributed by atoms with E-state index < -0.39 is 0 Å². The van der Waals surface area contributed by atoms with Gasteiger partial charge in [0.1, 0.15) is 10.7 Å². The first kappa shape index (κ1) is 18.0. The van der Waals surface area contributed by atoms with Gasteiger partial charge in [-0.15, -0.1) is 11.3 Å². The van der Waals surface area contributed by atoms with Crippen LogP contribution >= 0.6 is 33.9 Å². The number of rotatable bonds is 6. The molecule has 0 aliphatic carbocycles. The molecule has 0 saturated heterocycles. The summed E-state index contributed by atoms with van der Waals surface area (Å²) in [6, 6.07) is 17.9. The minimum Gasteiger partial charge on any atom is -0.347 e. The van der Waals surface area contributed by atoms with Crippen LogP contribution in [0.15, 0.2) is 60.0 Å². The number of nitrogens with zero attached hydrogens (tertiary/aromatic N) is 1. The predicted molar refractivity (Wildman–Crippen MR) is 110 cm³/mol. The van der Waals surface area contributed by atoms with Crippen molar-refractivity contribution in [2.75, 3.05) is 0 Å². The molecule has 2 aromatic carbocycles. The number of carbonyl (C=O) groups is 1. The zero-order valence-electron chi connectivity index (χ0n) is 13.5. The standard InChI is InChI=1S/C19H18IN3OS/c20-15-8-4-7-14(9-15)11-22-18(24)17-12-25-19(23-17)16(21)10-13-5-2-1-3-6-13/h1-9,12,16H,10-11,21H2,(H,22,24). The molecule has 0 aliphatic rings. The molecule has 3 N–H and O–H groups in total. The first-order valence-electron chi connectivity index (χ1n) is 7.89. The molecular weight excluding hydrogens is 445 g/mol. The number of nitrogens with two attached hydrogens (primary N) is 1. The van der Waals surface area contributed by atoms with E-state index in [9.17, 15) is 4.79 Å². The molecule has 1 unspecified atom stereocenters. The van der Waals surface area contributed by atoms with Gasteiger partial charge in [-0.2, -0.15) is 0 Å². The van der Waals surface area contributed by atoms with Crippen LogP contribution in [-0.4, -0.2) is 10.9 Å². The zero-order chi connectivity index (χ0) is 17.6. The SMILES string of the molecule is NC(Cc1ccccc1)c1nc(C(=O)NCc2cccc(I)c2)cs1. The number of amides is 1. The predicted octanol–water partition coefficient (Wildman–Crippen LogP) is 3.92. The Balaban J connectivity index is 1.59. The summed E-state index contributed by atoms with van der Waals surface area (Å²) in [5.74, 6) is -0.173. The molecule has 1 amide bonds. The average Bonchev–Trinajstić information content (AvgIpc) is 3.11. The summed E-state index contributed by atoms with van der Waals surface area (Å²) in [6.07, 6.45) is 0.706. The first-order valence-corrected chi connectivity index (χ1v) is 9.85. The molecular formula is C19H18IN3OS. The van der Waals surface area contributed by atoms with Gasteiger partial charge in [0.25, 0.3) is 5.91 Å². The Hall–Kier alpha value is -1.77. The number of benzene rings is 2. The van der Waals surface area contributed by atoms with Crippen LogP contribution in [0.1, 0.15) is 32.7 Å². The normalized spacial score (nSPS) is 11.9. The summed E-state index contributed by atoms with van der Waals surface area (Å²) in [4.78, 5) is 16.7. The highest BCUT2D eigenvalue weighted by Gasteiger charge is 2.15. The fourth-order valence-electron chi connectivity index (χ4n) is 2.44. The molecule has 0 radical (unpaired) electrons. The number of hydrogen-bond donors (Lipinski definition) is 2. The summed E-state index contributed by atoms with van der Waals surface area (Å²) >= 11 is 3.69. The molecule has 128 valence electrons. The third-order valence-corrected chi connectivity index (χ3v) is 5.36. The molecule has 0 fully saturated rings. The number of halogens is 1. The Kier molecular flexibility index (Phi) is 6.17. The van der Waals surface area contributed by atoms with Crippen molar-refractivity contribution in [3.05, 3.63) is 85.4 Å². The van der Waals surface area contributed by atoms with Gasteiger partial charge in [0.05, 0.1) is 6.04 Å². The van der Waals surface area contributed by atoms with Crippen molar-refractivity contribution in [2.45, 2.75) is 19.0 Å². The van der Waals surface area contributed by atoms with Crippen molar-refractivity contribution in [3.63, 3.8) is 0 Å². The van der Waals surface area contributed by atoms with Crippen LogP contribution in [0.3, 0.4) is 0 Å². The van der Waals surface area contributed by atoms with E-state index in [1.165, 1.54) is 11.3 Å². The molecule has 3 aromatic rings. The Morgan fingerprint density at radius 2 is 1.92 bits per heavy atom. The lowest BCUT2D eigenvalue weighted by Crippen LogP contribution is -2.23. The molecule has 1 atom stereocenters. The lowest BCUT2D eigenvalue weighted by molar-refractivity contribution is 0.0946. The van der Waals surface area contributed by atoms with Crippen molar-refractivity contribution in [3.8, 4) is 0 Å². The Labute approximate surface area is 164 Å². The van der Waals surface area contributed by atoms with Crippen LogP contribution < -0.4 is 11.1 Å². The van der Waals surface area contributed by atoms with Gasteiger partial charge in [0.15, 0.2) is 0 Å². The highest BCUT2D eigenvalue weighted by molar-refractivity contribution is 14.1. The minimum atomic E-state index is -0.204. The van der Waals surface area contributed by atoms with E-state index in [2.05, 4.69) is 32.9 Å². The van der Waals surface area contributed by atoms with Crippen LogP contribution in [-0.2, 0) is 13.0 Å². The number of nitrogens with one attached hydrogen (secondary N) is 1. The smallest absolute Gasteiger partial charge is 0.271 e. The van der Waals surface area contributed by atoms with Crippen LogP contribution in [0.25, 0.3) is 0 Å². The zero-order valence-corrected chi connectivity index (χ0v) is 16.5. The van der Waals surface area contributed by atoms with Gasteiger partial charge in [-0.3, -0.25) is 4.79 Å². The van der Waals surface area contributed by atoms with E-state index in [1.807, 2.05) is 54.6 Å². The summed E-state index contributed by atoms with van der Waals surface area (Å²) in [5, 5.41) is 5.45. The molecule has 4 nitrogen and oxygen atoms in total. The highest BCUT2D eigenvalue weighted by Crippen LogP contribution is 2.20. The van der Waals surface area contributed by atoms with E-state index >= 15 is 0 Å². The summed E-state index contributed by atoms with van der Waals surface area (Å²) in [7, 11) is 0. The van der Waals surface area contributed by atoms with Gasteiger partial charge in [0.2, 0.25) is 0 Å². The Bertz CT molecular complexity index is 851. The molecule has 0 saturated carbocycles. The van der Waals surface area contributed by atoms with E-state index in [1.54, 1.807) is 5.38 Å². The van der Waals surface area contributed by atoms with Crippen LogP contribution in [0.2, 0.25) is 0 Å². The van der Waals surface area contributed by atoms with E-state index in [0.717, 1.165) is 19.7 Å². The molecule has 25 heavy (non-hydrogen) atoms. The quantitative estimate of drug-likeness (QED) is 0.545. The second kappa shape index (κ2) is 8.55. The van der Waals surface area contributed by atoms with Gasteiger partial charge >= 0.3 is 0 Å². The summed E-state index contributed by atoms with van der Waals surface area (Å²) in [5.41, 5.74) is 8.89. The lowest BCUT2D eigenvalue weighted by Gasteiger charge is -2.08. The second-order valence-electron chi connectivity index (χ2n) is 5.68. The molecule has 0 aliphatic heterocycles. The van der Waals surface area contributed by atoms with Crippen molar-refractivity contribution in [2.24, 2.45) is 5.73 Å². The van der Waals surface area contributed by atoms with Gasteiger partial charge in [-0.1, -0.05) is 42.5 Å². The molecule has 0 spiro atoms. The minimum absolute atomic E-state index is 0.173. The summed E-state index contributed by atoms with van der Waals surface area (Å²) in [6.45, 7) is 0.485. The highest BCUT2D eigenvalue weighted by atomic mass is 127. The molecule has 0 bridgehead atoms. The lowest BCUT2D eigenvalue weighted by atomic mass is 10.1. The summed E-state index contributed by atoms with van der Waals surface area (Å²) < 4.78 is 1.15. The maximum absolute atomic E-state index is 12.3. The first-order chi connectivity index (χ1) is 12.1. The van der Waals surface area contributed by atoms with Crippen LogP contribution in [0, 0.1) is 3.57 Å². The third kappa shape index (κ3) is 5.10. The maximum atomic E-state index is 12.3. The van der Waals surface area contributed by atoms with Gasteiger partial charge in [-0.05, 0) is 52.3 Å². The topological polar surface area (TPSA) is 68.0 Å². The largest absolute Gasteiger partial charge is 0.347 e. The van der Waals surface area contributed by atoms with E-state index in [-0.39, 0.29) is 11.9 Å². The average molecular weight is 463 g/mol. The van der Waals surface area contributed by atoms with E-state index in [4.69, 9.17) is 5.73 Å². The molecule has 3 rings (SSSR count). The van der Waals surface area contributed by atoms with E-state index in [0.29, 0.717) is 18.7 Å². The number of hydrogen-bond acceptors (Lipinski definition) is 4. The Morgan fingerprint density at radius 1 is 1.16 bits per heavy atom. The second-order valence-corrected chi connectivity index (χ2v) is 7.82. The fraction of sp³-hybridized carbons (Fsp3) is 0.158. The van der Waals surface area contributed by atoms with Crippen molar-refractivity contribution in [1.29, 1.82) is 0 Å². The maximum Gasteiger partial charge on any atom is 0.271 e. The van der Waals surface area contributed by atoms with Crippen molar-refractivity contribution in [1.82, 2.24) is 10.3 Å². The van der Waals surface area contributed by atoms with Crippen molar-refractivity contribution < 1.29 is 4.79 Å². The van der Waals surface area contributed by atoms with Crippen LogP contribution in [0.5, 0.6) is 0 Å². The van der Waals surface area contributed by atoms with Gasteiger partial charge in [-0.25, -0.2) is 4.98 Å². The van der Waals surface area contributed by atoms with Gasteiger partial charge < -0.3 is 11.1 Å². The van der Waals surface area contributed by atoms with Crippen molar-refractivity contribution >= 4 is 39.8 Å². The molecule has 1 aromatic heterocycles. The van der Waals surface area contributed by atoms with Crippen LogP contribution in [0.4, 0.5) is 0 Å². The molecule has 6 heteroatoms. The number of thiazole rings is 1. The van der Waals surface area contributed by atoms with Gasteiger partial charge in [0, 0.05) is 15.5 Å².